The van der Waals surface area contributed by atoms with E-state index in [0.717, 1.165) is 42.1 Å². The Hall–Kier alpha value is -2.96. The number of hydrogen-bond acceptors (Lipinski definition) is 4. The van der Waals surface area contributed by atoms with Crippen LogP contribution in [-0.4, -0.2) is 44.5 Å². The lowest BCUT2D eigenvalue weighted by Gasteiger charge is -2.26. The van der Waals surface area contributed by atoms with E-state index >= 15 is 0 Å². The van der Waals surface area contributed by atoms with Crippen molar-refractivity contribution in [1.82, 2.24) is 19.5 Å². The largest absolute Gasteiger partial charge is 0.367 e. The van der Waals surface area contributed by atoms with Crippen LogP contribution in [0.4, 0.5) is 10.2 Å². The van der Waals surface area contributed by atoms with Crippen molar-refractivity contribution in [1.29, 1.82) is 0 Å². The minimum Gasteiger partial charge on any atom is -0.367 e. The number of anilines is 1. The molecule has 0 radical (unpaired) electrons. The average molecular weight is 395 g/mol. The Balaban J connectivity index is 1.49. The molecule has 0 bridgehead atoms. The van der Waals surface area contributed by atoms with E-state index in [1.807, 2.05) is 17.0 Å². The van der Waals surface area contributed by atoms with E-state index in [4.69, 9.17) is 0 Å². The Morgan fingerprint density at radius 2 is 2.03 bits per heavy atom. The summed E-state index contributed by atoms with van der Waals surface area (Å²) in [6, 6.07) is 10.3. The number of rotatable bonds is 6. The molecule has 1 atom stereocenters. The molecule has 2 aromatic heterocycles. The molecule has 1 fully saturated rings. The number of likely N-dealkylation sites (tertiary alicyclic amines) is 1. The van der Waals surface area contributed by atoms with Gasteiger partial charge in [0.25, 0.3) is 0 Å². The molecule has 4 rings (SSSR count). The minimum atomic E-state index is -0.272. The molecule has 1 N–H and O–H groups in total. The van der Waals surface area contributed by atoms with Crippen LogP contribution in [0.5, 0.6) is 0 Å². The summed E-state index contributed by atoms with van der Waals surface area (Å²) in [6.07, 6.45) is 4.38. The summed E-state index contributed by atoms with van der Waals surface area (Å²) in [7, 11) is 0. The lowest BCUT2D eigenvalue weighted by molar-refractivity contribution is -0.132. The zero-order valence-electron chi connectivity index (χ0n) is 16.8. The van der Waals surface area contributed by atoms with Gasteiger partial charge in [0.2, 0.25) is 5.91 Å². The molecule has 0 saturated carbocycles. The lowest BCUT2D eigenvalue weighted by atomic mass is 10.1. The van der Waals surface area contributed by atoms with Crippen LogP contribution in [0.3, 0.4) is 0 Å². The van der Waals surface area contributed by atoms with Gasteiger partial charge in [0, 0.05) is 31.1 Å². The monoisotopic (exact) mass is 395 g/mol. The van der Waals surface area contributed by atoms with Gasteiger partial charge in [-0.1, -0.05) is 13.8 Å². The summed E-state index contributed by atoms with van der Waals surface area (Å²) < 4.78 is 15.0. The van der Waals surface area contributed by atoms with Gasteiger partial charge in [-0.05, 0) is 55.2 Å². The second-order valence-electron chi connectivity index (χ2n) is 8.00. The van der Waals surface area contributed by atoms with Crippen LogP contribution in [0.1, 0.15) is 33.1 Å². The maximum absolute atomic E-state index is 13.2. The number of hydrogen-bond donors (Lipinski definition) is 1. The van der Waals surface area contributed by atoms with Crippen molar-refractivity contribution in [2.45, 2.75) is 39.2 Å². The van der Waals surface area contributed by atoms with Gasteiger partial charge in [0.05, 0.1) is 11.9 Å². The number of benzene rings is 1. The van der Waals surface area contributed by atoms with Crippen LogP contribution >= 0.6 is 0 Å². The van der Waals surface area contributed by atoms with Crippen molar-refractivity contribution >= 4 is 17.4 Å². The summed E-state index contributed by atoms with van der Waals surface area (Å²) in [5, 5.41) is 8.04. The lowest BCUT2D eigenvalue weighted by Crippen LogP contribution is -2.40. The van der Waals surface area contributed by atoms with Crippen molar-refractivity contribution in [3.63, 3.8) is 0 Å². The van der Waals surface area contributed by atoms with Gasteiger partial charge in [-0.3, -0.25) is 4.79 Å². The van der Waals surface area contributed by atoms with Crippen molar-refractivity contribution in [2.75, 3.05) is 18.4 Å². The fourth-order valence-electron chi connectivity index (χ4n) is 3.85. The molecule has 1 amide bonds. The Morgan fingerprint density at radius 3 is 2.79 bits per heavy atom. The first-order chi connectivity index (χ1) is 14.0. The van der Waals surface area contributed by atoms with Gasteiger partial charge in [0.15, 0.2) is 5.65 Å². The summed E-state index contributed by atoms with van der Waals surface area (Å²) in [5.41, 5.74) is 2.38. The molecule has 1 saturated heterocycles. The fourth-order valence-corrected chi connectivity index (χ4v) is 3.85. The van der Waals surface area contributed by atoms with E-state index < -0.39 is 0 Å². The van der Waals surface area contributed by atoms with Crippen molar-refractivity contribution in [3.05, 3.63) is 48.4 Å². The molecule has 0 aliphatic carbocycles. The van der Waals surface area contributed by atoms with Crippen LogP contribution in [0.2, 0.25) is 0 Å². The third-order valence-corrected chi connectivity index (χ3v) is 5.30. The molecular weight excluding hydrogens is 369 g/mol. The number of imidazole rings is 1. The maximum atomic E-state index is 13.2. The molecule has 1 aliphatic rings. The zero-order valence-corrected chi connectivity index (χ0v) is 16.8. The van der Waals surface area contributed by atoms with Gasteiger partial charge in [-0.25, -0.2) is 13.9 Å². The Kier molecular flexibility index (Phi) is 5.47. The van der Waals surface area contributed by atoms with Gasteiger partial charge in [-0.15, -0.1) is 5.10 Å². The average Bonchev–Trinajstić information content (AvgIpc) is 3.33. The molecule has 1 aliphatic heterocycles. The predicted octanol–water partition coefficient (Wildman–Crippen LogP) is 3.98. The Bertz CT molecular complexity index is 998. The maximum Gasteiger partial charge on any atom is 0.223 e. The van der Waals surface area contributed by atoms with Crippen LogP contribution < -0.4 is 5.32 Å². The quantitative estimate of drug-likeness (QED) is 0.686. The summed E-state index contributed by atoms with van der Waals surface area (Å²) >= 11 is 0. The number of aromatic nitrogens is 3. The first-order valence-electron chi connectivity index (χ1n) is 10.2. The first-order valence-corrected chi connectivity index (χ1v) is 10.2. The van der Waals surface area contributed by atoms with Gasteiger partial charge >= 0.3 is 0 Å². The van der Waals surface area contributed by atoms with Gasteiger partial charge < -0.3 is 10.2 Å². The topological polar surface area (TPSA) is 62.5 Å². The normalized spacial score (nSPS) is 16.7. The molecule has 3 aromatic rings. The van der Waals surface area contributed by atoms with E-state index in [2.05, 4.69) is 29.2 Å². The molecule has 0 spiro atoms. The number of fused-ring (bicyclic) bond motifs is 1. The SMILES string of the molecule is CC(C)CC(=O)N1CCC[C@H]1CNc1ccc2ncc(-c3ccc(F)cc3)n2n1. The molecule has 6 nitrogen and oxygen atoms in total. The third-order valence-electron chi connectivity index (χ3n) is 5.30. The van der Waals surface area contributed by atoms with Crippen LogP contribution in [-0.2, 0) is 4.79 Å². The highest BCUT2D eigenvalue weighted by atomic mass is 19.1. The van der Waals surface area contributed by atoms with Gasteiger partial charge in [0.1, 0.15) is 11.6 Å². The standard InChI is InChI=1S/C22H26FN5O/c1-15(2)12-22(29)27-11-3-4-18(27)13-24-20-9-10-21-25-14-19(28(21)26-20)16-5-7-17(23)8-6-16/h5-10,14-15,18H,3-4,11-13H2,1-2H3,(H,24,26)/t18-/m0/s1. The first kappa shape index (κ1) is 19.4. The highest BCUT2D eigenvalue weighted by Crippen LogP contribution is 2.23. The molecule has 3 heterocycles. The highest BCUT2D eigenvalue weighted by molar-refractivity contribution is 5.77. The van der Waals surface area contributed by atoms with Crippen molar-refractivity contribution in [2.24, 2.45) is 5.92 Å². The third kappa shape index (κ3) is 4.23. The van der Waals surface area contributed by atoms with Crippen LogP contribution in [0.25, 0.3) is 16.9 Å². The Labute approximate surface area is 169 Å². The smallest absolute Gasteiger partial charge is 0.223 e. The van der Waals surface area contributed by atoms with E-state index in [1.54, 1.807) is 22.8 Å². The summed E-state index contributed by atoms with van der Waals surface area (Å²) in [6.45, 7) is 5.65. The van der Waals surface area contributed by atoms with E-state index in [0.29, 0.717) is 18.9 Å². The predicted molar refractivity (Wildman–Crippen MR) is 111 cm³/mol. The number of nitrogens with zero attached hydrogens (tertiary/aromatic N) is 4. The Morgan fingerprint density at radius 1 is 1.24 bits per heavy atom. The summed E-state index contributed by atoms with van der Waals surface area (Å²) in [4.78, 5) is 18.9. The molecular formula is C22H26FN5O. The minimum absolute atomic E-state index is 0.193. The van der Waals surface area contributed by atoms with E-state index in [1.165, 1.54) is 12.1 Å². The van der Waals surface area contributed by atoms with Gasteiger partial charge in [-0.2, -0.15) is 0 Å². The molecule has 1 aromatic carbocycles. The molecule has 0 unspecified atom stereocenters. The molecule has 152 valence electrons. The number of amides is 1. The van der Waals surface area contributed by atoms with Crippen LogP contribution in [0, 0.1) is 11.7 Å². The zero-order chi connectivity index (χ0) is 20.4. The van der Waals surface area contributed by atoms with Crippen molar-refractivity contribution in [3.8, 4) is 11.3 Å². The van der Waals surface area contributed by atoms with E-state index in [9.17, 15) is 9.18 Å². The second kappa shape index (κ2) is 8.19. The number of nitrogens with one attached hydrogen (secondary N) is 1. The highest BCUT2D eigenvalue weighted by Gasteiger charge is 2.28. The fraction of sp³-hybridized carbons (Fsp3) is 0.409. The number of carbonyl (C=O) groups is 1. The molecule has 29 heavy (non-hydrogen) atoms. The summed E-state index contributed by atoms with van der Waals surface area (Å²) in [5.74, 6) is 1.06. The molecule has 7 heteroatoms. The number of halogens is 1. The van der Waals surface area contributed by atoms with E-state index in [-0.39, 0.29) is 17.8 Å². The van der Waals surface area contributed by atoms with Crippen LogP contribution in [0.15, 0.2) is 42.6 Å². The number of carbonyl (C=O) groups excluding carboxylic acids is 1. The second-order valence-corrected chi connectivity index (χ2v) is 8.00. The van der Waals surface area contributed by atoms with Crippen molar-refractivity contribution < 1.29 is 9.18 Å².